The van der Waals surface area contributed by atoms with Crippen LogP contribution in [0, 0.1) is 13.8 Å². The van der Waals surface area contributed by atoms with Crippen LogP contribution in [0.4, 0.5) is 5.69 Å². The summed E-state index contributed by atoms with van der Waals surface area (Å²) in [4.78, 5) is 0. The van der Waals surface area contributed by atoms with E-state index in [0.29, 0.717) is 0 Å². The van der Waals surface area contributed by atoms with Gasteiger partial charge in [0, 0.05) is 7.05 Å². The molecule has 78 valence electrons. The monoisotopic (exact) mass is 201 g/mol. The molecule has 0 radical (unpaired) electrons. The van der Waals surface area contributed by atoms with E-state index in [2.05, 4.69) is 42.5 Å². The van der Waals surface area contributed by atoms with Crippen LogP contribution >= 0.6 is 0 Å². The number of benzene rings is 1. The molecule has 0 atom stereocenters. The van der Waals surface area contributed by atoms with E-state index in [1.54, 1.807) is 0 Å². The fourth-order valence-corrected chi connectivity index (χ4v) is 1.57. The zero-order valence-corrected chi connectivity index (χ0v) is 9.28. The SMILES string of the molecule is CNc1cnn(-c2cccc(C)c2C)c1. The van der Waals surface area contributed by atoms with Crippen molar-refractivity contribution in [2.75, 3.05) is 12.4 Å². The Bertz CT molecular complexity index is 471. The van der Waals surface area contributed by atoms with Crippen molar-refractivity contribution in [3.8, 4) is 5.69 Å². The van der Waals surface area contributed by atoms with E-state index < -0.39 is 0 Å². The van der Waals surface area contributed by atoms with Crippen LogP contribution in [0.5, 0.6) is 0 Å². The summed E-state index contributed by atoms with van der Waals surface area (Å²) in [6.45, 7) is 4.23. The van der Waals surface area contributed by atoms with Crippen LogP contribution in [0.15, 0.2) is 30.6 Å². The second-order valence-electron chi connectivity index (χ2n) is 3.64. The van der Waals surface area contributed by atoms with E-state index in [0.717, 1.165) is 11.4 Å². The average Bonchev–Trinajstić information content (AvgIpc) is 2.70. The van der Waals surface area contributed by atoms with Gasteiger partial charge in [0.05, 0.1) is 23.8 Å². The van der Waals surface area contributed by atoms with Crippen LogP contribution in [-0.4, -0.2) is 16.8 Å². The van der Waals surface area contributed by atoms with Crippen LogP contribution in [0.3, 0.4) is 0 Å². The number of hydrogen-bond acceptors (Lipinski definition) is 2. The van der Waals surface area contributed by atoms with Crippen molar-refractivity contribution in [3.05, 3.63) is 41.7 Å². The van der Waals surface area contributed by atoms with E-state index in [1.165, 1.54) is 11.1 Å². The molecule has 2 aromatic rings. The van der Waals surface area contributed by atoms with Gasteiger partial charge in [-0.05, 0) is 31.0 Å². The van der Waals surface area contributed by atoms with Gasteiger partial charge in [-0.15, -0.1) is 0 Å². The maximum Gasteiger partial charge on any atom is 0.0728 e. The van der Waals surface area contributed by atoms with Crippen molar-refractivity contribution in [2.45, 2.75) is 13.8 Å². The van der Waals surface area contributed by atoms with Crippen molar-refractivity contribution in [1.29, 1.82) is 0 Å². The summed E-state index contributed by atoms with van der Waals surface area (Å²) in [5.74, 6) is 0. The van der Waals surface area contributed by atoms with Gasteiger partial charge in [0.1, 0.15) is 0 Å². The Morgan fingerprint density at radius 3 is 2.73 bits per heavy atom. The molecular weight excluding hydrogens is 186 g/mol. The molecule has 15 heavy (non-hydrogen) atoms. The lowest BCUT2D eigenvalue weighted by molar-refractivity contribution is 0.870. The Labute approximate surface area is 89.7 Å². The van der Waals surface area contributed by atoms with E-state index in [9.17, 15) is 0 Å². The lowest BCUT2D eigenvalue weighted by Gasteiger charge is -2.07. The van der Waals surface area contributed by atoms with Gasteiger partial charge in [-0.2, -0.15) is 5.10 Å². The highest BCUT2D eigenvalue weighted by molar-refractivity contribution is 5.47. The summed E-state index contributed by atoms with van der Waals surface area (Å²) in [5, 5.41) is 7.38. The summed E-state index contributed by atoms with van der Waals surface area (Å²) in [7, 11) is 1.89. The molecule has 0 amide bonds. The molecule has 0 fully saturated rings. The molecule has 2 rings (SSSR count). The maximum atomic E-state index is 4.31. The Kier molecular flexibility index (Phi) is 2.46. The number of rotatable bonds is 2. The molecule has 3 nitrogen and oxygen atoms in total. The third-order valence-electron chi connectivity index (χ3n) is 2.69. The summed E-state index contributed by atoms with van der Waals surface area (Å²) < 4.78 is 1.90. The van der Waals surface area contributed by atoms with Gasteiger partial charge >= 0.3 is 0 Å². The number of nitrogens with zero attached hydrogens (tertiary/aromatic N) is 2. The Balaban J connectivity index is 2.49. The highest BCUT2D eigenvalue weighted by Crippen LogP contribution is 2.18. The zero-order chi connectivity index (χ0) is 10.8. The van der Waals surface area contributed by atoms with E-state index in [-0.39, 0.29) is 0 Å². The van der Waals surface area contributed by atoms with Gasteiger partial charge in [0.2, 0.25) is 0 Å². The van der Waals surface area contributed by atoms with Crippen LogP contribution in [0.1, 0.15) is 11.1 Å². The largest absolute Gasteiger partial charge is 0.386 e. The molecule has 3 heteroatoms. The summed E-state index contributed by atoms with van der Waals surface area (Å²) in [5.41, 5.74) is 4.71. The summed E-state index contributed by atoms with van der Waals surface area (Å²) >= 11 is 0. The molecule has 0 aliphatic carbocycles. The molecule has 0 aliphatic rings. The molecule has 0 aliphatic heterocycles. The van der Waals surface area contributed by atoms with Crippen LogP contribution in [0.25, 0.3) is 5.69 Å². The highest BCUT2D eigenvalue weighted by atomic mass is 15.3. The topological polar surface area (TPSA) is 29.9 Å². The summed E-state index contributed by atoms with van der Waals surface area (Å²) in [6, 6.07) is 6.24. The van der Waals surface area contributed by atoms with Crippen molar-refractivity contribution in [2.24, 2.45) is 0 Å². The first-order valence-corrected chi connectivity index (χ1v) is 5.01. The van der Waals surface area contributed by atoms with Gasteiger partial charge in [0.25, 0.3) is 0 Å². The van der Waals surface area contributed by atoms with Crippen LogP contribution in [-0.2, 0) is 0 Å². The predicted molar refractivity (Wildman–Crippen MR) is 62.6 cm³/mol. The van der Waals surface area contributed by atoms with Crippen molar-refractivity contribution >= 4 is 5.69 Å². The average molecular weight is 201 g/mol. The molecule has 1 N–H and O–H groups in total. The van der Waals surface area contributed by atoms with Crippen LogP contribution < -0.4 is 5.32 Å². The molecular formula is C12H15N3. The molecule has 1 heterocycles. The molecule has 0 saturated heterocycles. The minimum atomic E-state index is 1.02. The molecule has 1 aromatic carbocycles. The van der Waals surface area contributed by atoms with E-state index in [1.807, 2.05) is 24.1 Å². The Morgan fingerprint density at radius 2 is 2.07 bits per heavy atom. The minimum Gasteiger partial charge on any atom is -0.386 e. The van der Waals surface area contributed by atoms with E-state index >= 15 is 0 Å². The van der Waals surface area contributed by atoms with Gasteiger partial charge in [-0.25, -0.2) is 4.68 Å². The predicted octanol–water partition coefficient (Wildman–Crippen LogP) is 2.53. The summed E-state index contributed by atoms with van der Waals surface area (Å²) in [6.07, 6.45) is 3.81. The Morgan fingerprint density at radius 1 is 1.27 bits per heavy atom. The molecule has 1 aromatic heterocycles. The quantitative estimate of drug-likeness (QED) is 0.809. The number of anilines is 1. The lowest BCUT2D eigenvalue weighted by Crippen LogP contribution is -1.98. The van der Waals surface area contributed by atoms with Crippen molar-refractivity contribution < 1.29 is 0 Å². The number of nitrogens with one attached hydrogen (secondary N) is 1. The first-order chi connectivity index (χ1) is 7.22. The second kappa shape index (κ2) is 3.77. The fourth-order valence-electron chi connectivity index (χ4n) is 1.57. The molecule has 0 bridgehead atoms. The highest BCUT2D eigenvalue weighted by Gasteiger charge is 2.04. The molecule has 0 spiro atoms. The van der Waals surface area contributed by atoms with Crippen LogP contribution in [0.2, 0.25) is 0 Å². The lowest BCUT2D eigenvalue weighted by atomic mass is 10.1. The third kappa shape index (κ3) is 1.73. The maximum absolute atomic E-state index is 4.31. The van der Waals surface area contributed by atoms with Gasteiger partial charge in [-0.3, -0.25) is 0 Å². The first-order valence-electron chi connectivity index (χ1n) is 5.01. The zero-order valence-electron chi connectivity index (χ0n) is 9.28. The normalized spacial score (nSPS) is 10.3. The van der Waals surface area contributed by atoms with Gasteiger partial charge in [0.15, 0.2) is 0 Å². The molecule has 0 unspecified atom stereocenters. The van der Waals surface area contributed by atoms with E-state index in [4.69, 9.17) is 0 Å². The first kappa shape index (κ1) is 9.77. The van der Waals surface area contributed by atoms with Crippen molar-refractivity contribution in [3.63, 3.8) is 0 Å². The Hall–Kier alpha value is -1.77. The number of aryl methyl sites for hydroxylation is 1. The smallest absolute Gasteiger partial charge is 0.0728 e. The minimum absolute atomic E-state index is 1.02. The standard InChI is InChI=1S/C12H15N3/c1-9-5-4-6-12(10(9)2)15-8-11(13-3)7-14-15/h4-8,13H,1-3H3. The van der Waals surface area contributed by atoms with Crippen molar-refractivity contribution in [1.82, 2.24) is 9.78 Å². The molecule has 0 saturated carbocycles. The second-order valence-corrected chi connectivity index (χ2v) is 3.64. The number of hydrogen-bond donors (Lipinski definition) is 1. The third-order valence-corrected chi connectivity index (χ3v) is 2.69. The van der Waals surface area contributed by atoms with Gasteiger partial charge in [-0.1, -0.05) is 12.1 Å². The number of aromatic nitrogens is 2. The fraction of sp³-hybridized carbons (Fsp3) is 0.250. The van der Waals surface area contributed by atoms with Gasteiger partial charge < -0.3 is 5.32 Å².